The first-order chi connectivity index (χ1) is 8.20. The zero-order chi connectivity index (χ0) is 12.3. The van der Waals surface area contributed by atoms with Gasteiger partial charge in [-0.1, -0.05) is 10.6 Å². The molecular formula is C11H8N4OS. The van der Waals surface area contributed by atoms with Gasteiger partial charge in [0.05, 0.1) is 17.3 Å². The van der Waals surface area contributed by atoms with Crippen LogP contribution in [0.2, 0.25) is 0 Å². The Morgan fingerprint density at radius 1 is 1.53 bits per heavy atom. The van der Waals surface area contributed by atoms with E-state index < -0.39 is 0 Å². The second kappa shape index (κ2) is 4.72. The van der Waals surface area contributed by atoms with Crippen molar-refractivity contribution in [2.75, 3.05) is 5.32 Å². The monoisotopic (exact) mass is 244 g/mol. The lowest BCUT2D eigenvalue weighted by atomic mass is 10.2. The maximum atomic E-state index is 11.8. The summed E-state index contributed by atoms with van der Waals surface area (Å²) in [5, 5.41) is 15.2. The molecule has 0 atom stereocenters. The van der Waals surface area contributed by atoms with Gasteiger partial charge in [0.1, 0.15) is 4.88 Å². The molecule has 0 saturated heterocycles. The van der Waals surface area contributed by atoms with Gasteiger partial charge in [-0.15, -0.1) is 5.10 Å². The highest BCUT2D eigenvalue weighted by Gasteiger charge is 2.13. The third-order valence-electron chi connectivity index (χ3n) is 2.11. The van der Waals surface area contributed by atoms with E-state index in [0.29, 0.717) is 21.8 Å². The average molecular weight is 244 g/mol. The summed E-state index contributed by atoms with van der Waals surface area (Å²) in [4.78, 5) is 12.3. The lowest BCUT2D eigenvalue weighted by Gasteiger charge is -2.03. The molecule has 0 radical (unpaired) electrons. The van der Waals surface area contributed by atoms with Crippen molar-refractivity contribution in [2.24, 2.45) is 0 Å². The number of carbonyl (C=O) groups excluding carboxylic acids is 1. The molecule has 6 heteroatoms. The largest absolute Gasteiger partial charge is 0.321 e. The molecule has 84 valence electrons. The second-order valence-corrected chi connectivity index (χ2v) is 4.09. The Balaban J connectivity index is 2.19. The predicted octanol–water partition coefficient (Wildman–Crippen LogP) is 1.97. The third-order valence-corrected chi connectivity index (χ3v) is 2.93. The highest BCUT2D eigenvalue weighted by atomic mass is 32.1. The van der Waals surface area contributed by atoms with E-state index in [4.69, 9.17) is 5.26 Å². The fourth-order valence-corrected chi connectivity index (χ4v) is 1.85. The normalized spacial score (nSPS) is 9.65. The Labute approximate surface area is 102 Å². The molecule has 2 aromatic rings. The second-order valence-electron chi connectivity index (χ2n) is 3.33. The number of nitrogens with one attached hydrogen (secondary N) is 1. The summed E-state index contributed by atoms with van der Waals surface area (Å²) in [6.07, 6.45) is 0. The summed E-state index contributed by atoms with van der Waals surface area (Å²) in [5.74, 6) is -0.257. The number of hydrogen-bond donors (Lipinski definition) is 1. The van der Waals surface area contributed by atoms with Crippen LogP contribution in [0.15, 0.2) is 24.3 Å². The minimum absolute atomic E-state index is 0.257. The van der Waals surface area contributed by atoms with Crippen LogP contribution in [-0.2, 0) is 0 Å². The Morgan fingerprint density at radius 3 is 3.00 bits per heavy atom. The molecule has 0 aliphatic heterocycles. The summed E-state index contributed by atoms with van der Waals surface area (Å²) >= 11 is 1.05. The van der Waals surface area contributed by atoms with Gasteiger partial charge in [-0.25, -0.2) is 0 Å². The lowest BCUT2D eigenvalue weighted by Crippen LogP contribution is -2.11. The van der Waals surface area contributed by atoms with Gasteiger partial charge in [0.15, 0.2) is 0 Å². The minimum Gasteiger partial charge on any atom is -0.321 e. The zero-order valence-electron chi connectivity index (χ0n) is 8.97. The maximum Gasteiger partial charge on any atom is 0.269 e. The Bertz CT molecular complexity index is 600. The molecule has 17 heavy (non-hydrogen) atoms. The van der Waals surface area contributed by atoms with E-state index in [9.17, 15) is 4.79 Å². The molecule has 2 rings (SSSR count). The number of aromatic nitrogens is 2. The Hall–Kier alpha value is -2.26. The van der Waals surface area contributed by atoms with Crippen LogP contribution in [0.3, 0.4) is 0 Å². The lowest BCUT2D eigenvalue weighted by molar-refractivity contribution is 0.103. The summed E-state index contributed by atoms with van der Waals surface area (Å²) in [6.45, 7) is 1.73. The Kier molecular flexibility index (Phi) is 3.12. The van der Waals surface area contributed by atoms with Crippen LogP contribution in [0.4, 0.5) is 5.69 Å². The molecule has 0 bridgehead atoms. The number of nitrogens with zero attached hydrogens (tertiary/aromatic N) is 3. The minimum atomic E-state index is -0.257. The molecule has 0 spiro atoms. The highest BCUT2D eigenvalue weighted by molar-refractivity contribution is 7.08. The van der Waals surface area contributed by atoms with E-state index in [2.05, 4.69) is 14.9 Å². The van der Waals surface area contributed by atoms with E-state index in [1.807, 2.05) is 6.07 Å². The van der Waals surface area contributed by atoms with E-state index in [1.165, 1.54) is 0 Å². The predicted molar refractivity (Wildman–Crippen MR) is 63.8 cm³/mol. The van der Waals surface area contributed by atoms with E-state index in [-0.39, 0.29) is 5.91 Å². The molecule has 0 fully saturated rings. The SMILES string of the molecule is Cc1nnsc1C(=O)Nc1cccc(C#N)c1. The van der Waals surface area contributed by atoms with Crippen LogP contribution < -0.4 is 5.32 Å². The molecule has 1 aromatic heterocycles. The van der Waals surface area contributed by atoms with Gasteiger partial charge in [-0.3, -0.25) is 4.79 Å². The molecule has 0 unspecified atom stereocenters. The van der Waals surface area contributed by atoms with Gasteiger partial charge < -0.3 is 5.32 Å². The molecule has 0 aliphatic carbocycles. The molecule has 0 aliphatic rings. The molecule has 0 saturated carbocycles. The van der Waals surface area contributed by atoms with Crippen LogP contribution in [-0.4, -0.2) is 15.5 Å². The van der Waals surface area contributed by atoms with Crippen molar-refractivity contribution in [3.63, 3.8) is 0 Å². The molecule has 1 heterocycles. The number of anilines is 1. The van der Waals surface area contributed by atoms with Gasteiger partial charge in [-0.05, 0) is 36.7 Å². The van der Waals surface area contributed by atoms with Crippen LogP contribution in [0.1, 0.15) is 20.9 Å². The summed E-state index contributed by atoms with van der Waals surface area (Å²) in [6, 6.07) is 8.74. The fourth-order valence-electron chi connectivity index (χ4n) is 1.29. The highest BCUT2D eigenvalue weighted by Crippen LogP contribution is 2.14. The molecule has 1 aromatic carbocycles. The summed E-state index contributed by atoms with van der Waals surface area (Å²) in [5.41, 5.74) is 1.69. The van der Waals surface area contributed by atoms with Gasteiger partial charge in [0.2, 0.25) is 0 Å². The quantitative estimate of drug-likeness (QED) is 0.875. The first kappa shape index (κ1) is 11.2. The topological polar surface area (TPSA) is 78.7 Å². The smallest absolute Gasteiger partial charge is 0.269 e. The van der Waals surface area contributed by atoms with Crippen molar-refractivity contribution < 1.29 is 4.79 Å². The maximum absolute atomic E-state index is 11.8. The van der Waals surface area contributed by atoms with Crippen molar-refractivity contribution in [1.29, 1.82) is 5.26 Å². The number of amides is 1. The van der Waals surface area contributed by atoms with Gasteiger partial charge in [0.25, 0.3) is 5.91 Å². The summed E-state index contributed by atoms with van der Waals surface area (Å²) < 4.78 is 3.70. The molecule has 1 N–H and O–H groups in total. The van der Waals surface area contributed by atoms with Crippen LogP contribution in [0.25, 0.3) is 0 Å². The van der Waals surface area contributed by atoms with Crippen molar-refractivity contribution in [2.45, 2.75) is 6.92 Å². The number of benzene rings is 1. The van der Waals surface area contributed by atoms with Crippen molar-refractivity contribution in [3.8, 4) is 6.07 Å². The number of rotatable bonds is 2. The van der Waals surface area contributed by atoms with Crippen LogP contribution in [0, 0.1) is 18.3 Å². The fraction of sp³-hybridized carbons (Fsp3) is 0.0909. The van der Waals surface area contributed by atoms with Crippen LogP contribution in [0.5, 0.6) is 0 Å². The van der Waals surface area contributed by atoms with Gasteiger partial charge in [-0.2, -0.15) is 5.26 Å². The van der Waals surface area contributed by atoms with E-state index in [1.54, 1.807) is 31.2 Å². The number of carbonyl (C=O) groups is 1. The standard InChI is InChI=1S/C11H8N4OS/c1-7-10(17-15-14-7)11(16)13-9-4-2-3-8(5-9)6-12/h2-5H,1H3,(H,13,16). The Morgan fingerprint density at radius 2 is 2.35 bits per heavy atom. The number of hydrogen-bond acceptors (Lipinski definition) is 5. The van der Waals surface area contributed by atoms with E-state index >= 15 is 0 Å². The number of aryl methyl sites for hydroxylation is 1. The summed E-state index contributed by atoms with van der Waals surface area (Å²) in [7, 11) is 0. The average Bonchev–Trinajstić information content (AvgIpc) is 2.76. The van der Waals surface area contributed by atoms with Gasteiger partial charge >= 0.3 is 0 Å². The van der Waals surface area contributed by atoms with Crippen molar-refractivity contribution in [1.82, 2.24) is 9.59 Å². The molecular weight excluding hydrogens is 236 g/mol. The first-order valence-corrected chi connectivity index (χ1v) is 5.58. The van der Waals surface area contributed by atoms with Crippen LogP contribution >= 0.6 is 11.5 Å². The zero-order valence-corrected chi connectivity index (χ0v) is 9.78. The first-order valence-electron chi connectivity index (χ1n) is 4.81. The third kappa shape index (κ3) is 2.46. The molecule has 5 nitrogen and oxygen atoms in total. The molecule has 1 amide bonds. The van der Waals surface area contributed by atoms with Crippen molar-refractivity contribution in [3.05, 3.63) is 40.4 Å². The van der Waals surface area contributed by atoms with E-state index in [0.717, 1.165) is 11.5 Å². The number of nitriles is 1. The van der Waals surface area contributed by atoms with Crippen molar-refractivity contribution >= 4 is 23.1 Å². The van der Waals surface area contributed by atoms with Gasteiger partial charge in [0, 0.05) is 5.69 Å².